The number of nitrogens with two attached hydrogens (primary N) is 1. The fraction of sp³-hybridized carbons (Fsp3) is 0. The molecular weight excluding hydrogens is 375 g/mol. The molecule has 0 saturated carbocycles. The predicted molar refractivity (Wildman–Crippen MR) is 89.5 cm³/mol. The van der Waals surface area contributed by atoms with Crippen molar-refractivity contribution in [3.63, 3.8) is 0 Å². The molecule has 2 N–H and O–H groups in total. The summed E-state index contributed by atoms with van der Waals surface area (Å²) in [6.07, 6.45) is 0. The Morgan fingerprint density at radius 1 is 1.10 bits per heavy atom. The summed E-state index contributed by atoms with van der Waals surface area (Å²) in [6, 6.07) is 12.9. The van der Waals surface area contributed by atoms with Crippen molar-refractivity contribution in [1.29, 1.82) is 0 Å². The monoisotopic (exact) mass is 382 g/mol. The van der Waals surface area contributed by atoms with Crippen molar-refractivity contribution in [3.05, 3.63) is 57.0 Å². The lowest BCUT2D eigenvalue weighted by Crippen LogP contribution is -1.89. The molecule has 0 radical (unpaired) electrons. The average molecular weight is 384 g/mol. The lowest BCUT2D eigenvalue weighted by Gasteiger charge is -2.06. The number of benzene rings is 2. The summed E-state index contributed by atoms with van der Waals surface area (Å²) in [7, 11) is 0. The van der Waals surface area contributed by atoms with E-state index < -0.39 is 0 Å². The van der Waals surface area contributed by atoms with Gasteiger partial charge in [0, 0.05) is 20.6 Å². The van der Waals surface area contributed by atoms with Crippen molar-refractivity contribution in [1.82, 2.24) is 5.16 Å². The van der Waals surface area contributed by atoms with Crippen LogP contribution < -0.4 is 5.73 Å². The molecule has 3 rings (SSSR count). The summed E-state index contributed by atoms with van der Waals surface area (Å²) >= 11 is 15.6. The molecule has 6 heteroatoms. The van der Waals surface area contributed by atoms with Gasteiger partial charge in [-0.3, -0.25) is 0 Å². The lowest BCUT2D eigenvalue weighted by atomic mass is 10.0. The van der Waals surface area contributed by atoms with Gasteiger partial charge in [0.05, 0.1) is 10.6 Å². The molecule has 1 heterocycles. The fourth-order valence-electron chi connectivity index (χ4n) is 2.09. The molecule has 3 aromatic rings. The van der Waals surface area contributed by atoms with Crippen LogP contribution in [0.15, 0.2) is 51.5 Å². The van der Waals surface area contributed by atoms with E-state index in [1.807, 2.05) is 24.3 Å². The van der Waals surface area contributed by atoms with Crippen molar-refractivity contribution >= 4 is 45.0 Å². The Morgan fingerprint density at radius 3 is 2.62 bits per heavy atom. The molecule has 0 amide bonds. The van der Waals surface area contributed by atoms with Crippen LogP contribution in [0.1, 0.15) is 0 Å². The number of hydrogen-bond donors (Lipinski definition) is 1. The highest BCUT2D eigenvalue weighted by Gasteiger charge is 2.19. The first-order valence-electron chi connectivity index (χ1n) is 6.03. The van der Waals surface area contributed by atoms with Crippen LogP contribution in [0.5, 0.6) is 0 Å². The molecule has 0 aliphatic heterocycles. The van der Waals surface area contributed by atoms with Crippen LogP contribution >= 0.6 is 39.1 Å². The number of nitrogens with zero attached hydrogens (tertiary/aromatic N) is 1. The van der Waals surface area contributed by atoms with Gasteiger partial charge in [0.15, 0.2) is 0 Å². The van der Waals surface area contributed by atoms with E-state index in [-0.39, 0.29) is 5.88 Å². The second kappa shape index (κ2) is 5.72. The zero-order valence-corrected chi connectivity index (χ0v) is 13.7. The smallest absolute Gasteiger partial charge is 0.230 e. The zero-order chi connectivity index (χ0) is 15.0. The SMILES string of the molecule is Nc1onc(-c2cccc(Br)c2)c1-c1ccc(Cl)cc1Cl. The molecular formula is C15H9BrCl2N2O. The first kappa shape index (κ1) is 14.4. The highest BCUT2D eigenvalue weighted by molar-refractivity contribution is 9.10. The molecule has 0 unspecified atom stereocenters. The molecule has 1 aromatic heterocycles. The lowest BCUT2D eigenvalue weighted by molar-refractivity contribution is 0.439. The highest BCUT2D eigenvalue weighted by Crippen LogP contribution is 2.40. The van der Waals surface area contributed by atoms with E-state index in [9.17, 15) is 0 Å². The Hall–Kier alpha value is -1.49. The summed E-state index contributed by atoms with van der Waals surface area (Å²) in [6.45, 7) is 0. The summed E-state index contributed by atoms with van der Waals surface area (Å²) in [4.78, 5) is 0. The van der Waals surface area contributed by atoms with E-state index in [2.05, 4.69) is 21.1 Å². The van der Waals surface area contributed by atoms with E-state index in [1.165, 1.54) is 0 Å². The Balaban J connectivity index is 2.22. The van der Waals surface area contributed by atoms with Crippen molar-refractivity contribution in [3.8, 4) is 22.4 Å². The zero-order valence-electron chi connectivity index (χ0n) is 10.6. The van der Waals surface area contributed by atoms with Crippen LogP contribution in [0.4, 0.5) is 5.88 Å². The highest BCUT2D eigenvalue weighted by atomic mass is 79.9. The number of rotatable bonds is 2. The summed E-state index contributed by atoms with van der Waals surface area (Å²) in [5.41, 5.74) is 8.83. The molecule has 0 saturated heterocycles. The van der Waals surface area contributed by atoms with Crippen LogP contribution in [0, 0.1) is 0 Å². The predicted octanol–water partition coefficient (Wildman–Crippen LogP) is 5.66. The van der Waals surface area contributed by atoms with E-state index in [0.717, 1.165) is 15.6 Å². The van der Waals surface area contributed by atoms with Gasteiger partial charge in [0.25, 0.3) is 0 Å². The van der Waals surface area contributed by atoms with Gasteiger partial charge in [-0.05, 0) is 24.3 Å². The Morgan fingerprint density at radius 2 is 1.90 bits per heavy atom. The minimum atomic E-state index is 0.217. The maximum Gasteiger partial charge on any atom is 0.230 e. The van der Waals surface area contributed by atoms with Crippen molar-refractivity contribution in [2.75, 3.05) is 5.73 Å². The fourth-order valence-corrected chi connectivity index (χ4v) is 2.99. The maximum absolute atomic E-state index is 6.26. The van der Waals surface area contributed by atoms with Gasteiger partial charge in [-0.1, -0.05) is 62.5 Å². The number of anilines is 1. The molecule has 21 heavy (non-hydrogen) atoms. The van der Waals surface area contributed by atoms with Crippen molar-refractivity contribution in [2.24, 2.45) is 0 Å². The molecule has 3 nitrogen and oxygen atoms in total. The number of halogens is 3. The standard InChI is InChI=1S/C15H9BrCl2N2O/c16-9-3-1-2-8(6-9)14-13(15(19)21-20-14)11-5-4-10(17)7-12(11)18/h1-7H,19H2. The van der Waals surface area contributed by atoms with Crippen molar-refractivity contribution < 1.29 is 4.52 Å². The molecule has 0 aliphatic rings. The summed E-state index contributed by atoms with van der Waals surface area (Å²) in [5, 5.41) is 5.11. The minimum Gasteiger partial charge on any atom is -0.367 e. The van der Waals surface area contributed by atoms with E-state index >= 15 is 0 Å². The molecule has 0 aliphatic carbocycles. The molecule has 106 valence electrons. The average Bonchev–Trinajstić information content (AvgIpc) is 2.81. The molecule has 2 aromatic carbocycles. The quantitative estimate of drug-likeness (QED) is 0.621. The third-order valence-corrected chi connectivity index (χ3v) is 4.06. The van der Waals surface area contributed by atoms with Gasteiger partial charge in [-0.15, -0.1) is 0 Å². The van der Waals surface area contributed by atoms with Crippen LogP contribution in [0.25, 0.3) is 22.4 Å². The van der Waals surface area contributed by atoms with E-state index in [4.69, 9.17) is 33.5 Å². The Bertz CT molecular complexity index is 817. The Kier molecular flexibility index (Phi) is 3.93. The van der Waals surface area contributed by atoms with Gasteiger partial charge >= 0.3 is 0 Å². The van der Waals surface area contributed by atoms with Crippen LogP contribution in [0.2, 0.25) is 10.0 Å². The normalized spacial score (nSPS) is 10.8. The van der Waals surface area contributed by atoms with Gasteiger partial charge in [0.1, 0.15) is 5.69 Å². The second-order valence-electron chi connectivity index (χ2n) is 4.40. The first-order chi connectivity index (χ1) is 10.1. The minimum absolute atomic E-state index is 0.217. The maximum atomic E-state index is 6.26. The van der Waals surface area contributed by atoms with Crippen LogP contribution in [-0.4, -0.2) is 5.16 Å². The molecule has 0 spiro atoms. The number of aromatic nitrogens is 1. The second-order valence-corrected chi connectivity index (χ2v) is 6.16. The van der Waals surface area contributed by atoms with E-state index in [1.54, 1.807) is 18.2 Å². The van der Waals surface area contributed by atoms with Gasteiger partial charge < -0.3 is 10.3 Å². The largest absolute Gasteiger partial charge is 0.367 e. The third-order valence-electron chi connectivity index (χ3n) is 3.02. The van der Waals surface area contributed by atoms with E-state index in [0.29, 0.717) is 21.3 Å². The summed E-state index contributed by atoms with van der Waals surface area (Å²) < 4.78 is 6.09. The first-order valence-corrected chi connectivity index (χ1v) is 7.57. The Labute approximate surface area is 139 Å². The topological polar surface area (TPSA) is 52.0 Å². The third kappa shape index (κ3) is 2.79. The van der Waals surface area contributed by atoms with Gasteiger partial charge in [0.2, 0.25) is 5.88 Å². The van der Waals surface area contributed by atoms with Gasteiger partial charge in [-0.25, -0.2) is 0 Å². The molecule has 0 bridgehead atoms. The number of nitrogen functional groups attached to an aromatic ring is 1. The number of hydrogen-bond acceptors (Lipinski definition) is 3. The van der Waals surface area contributed by atoms with Crippen LogP contribution in [-0.2, 0) is 0 Å². The molecule has 0 fully saturated rings. The summed E-state index contributed by atoms with van der Waals surface area (Å²) in [5.74, 6) is 0.217. The van der Waals surface area contributed by atoms with Gasteiger partial charge in [-0.2, -0.15) is 0 Å². The van der Waals surface area contributed by atoms with Crippen molar-refractivity contribution in [2.45, 2.75) is 0 Å². The molecule has 0 atom stereocenters. The van der Waals surface area contributed by atoms with Crippen LogP contribution in [0.3, 0.4) is 0 Å².